The molecule has 1 aromatic rings. The van der Waals surface area contributed by atoms with Gasteiger partial charge in [-0.25, -0.2) is 0 Å². The molecule has 1 rings (SSSR count). The largest absolute Gasteiger partial charge is 0.338 e. The topological polar surface area (TPSA) is 51.0 Å². The van der Waals surface area contributed by atoms with E-state index in [-0.39, 0.29) is 0 Å². The van der Waals surface area contributed by atoms with Crippen LogP contribution in [-0.4, -0.2) is 21.4 Å². The number of rotatable bonds is 6. The SMILES string of the molecule is CC(C)NCc1nc(CSC(C)C)no1. The zero-order valence-corrected chi connectivity index (χ0v) is 10.6. The molecule has 1 N–H and O–H groups in total. The van der Waals surface area contributed by atoms with Gasteiger partial charge in [-0.1, -0.05) is 32.9 Å². The maximum absolute atomic E-state index is 5.11. The summed E-state index contributed by atoms with van der Waals surface area (Å²) in [4.78, 5) is 4.29. The molecule has 1 aromatic heterocycles. The first-order valence-corrected chi connectivity index (χ1v) is 6.29. The number of thioether (sulfide) groups is 1. The zero-order valence-electron chi connectivity index (χ0n) is 9.78. The van der Waals surface area contributed by atoms with Crippen molar-refractivity contribution < 1.29 is 4.52 Å². The van der Waals surface area contributed by atoms with E-state index < -0.39 is 0 Å². The van der Waals surface area contributed by atoms with Crippen LogP contribution in [0, 0.1) is 0 Å². The van der Waals surface area contributed by atoms with Gasteiger partial charge >= 0.3 is 0 Å². The van der Waals surface area contributed by atoms with Gasteiger partial charge in [-0.05, 0) is 5.25 Å². The standard InChI is InChI=1S/C10H19N3OS/c1-7(2)11-5-10-12-9(13-14-10)6-15-8(3)4/h7-8,11H,5-6H2,1-4H3. The van der Waals surface area contributed by atoms with E-state index in [1.807, 2.05) is 11.8 Å². The third kappa shape index (κ3) is 5.18. The lowest BCUT2D eigenvalue weighted by molar-refractivity contribution is 0.358. The summed E-state index contributed by atoms with van der Waals surface area (Å²) in [7, 11) is 0. The molecule has 0 amide bonds. The Bertz CT molecular complexity index is 259. The van der Waals surface area contributed by atoms with Crippen molar-refractivity contribution in [2.24, 2.45) is 0 Å². The van der Waals surface area contributed by atoms with Crippen molar-refractivity contribution in [3.8, 4) is 0 Å². The van der Waals surface area contributed by atoms with Gasteiger partial charge in [0.2, 0.25) is 5.89 Å². The first kappa shape index (κ1) is 12.5. The molecular weight excluding hydrogens is 210 g/mol. The van der Waals surface area contributed by atoms with Crippen LogP contribution in [0.3, 0.4) is 0 Å². The summed E-state index contributed by atoms with van der Waals surface area (Å²) in [6, 6.07) is 0.436. The Morgan fingerprint density at radius 2 is 2.07 bits per heavy atom. The van der Waals surface area contributed by atoms with Gasteiger partial charge in [-0.2, -0.15) is 16.7 Å². The summed E-state index contributed by atoms with van der Waals surface area (Å²) in [6.07, 6.45) is 0. The molecule has 0 saturated carbocycles. The summed E-state index contributed by atoms with van der Waals surface area (Å²) in [5.74, 6) is 2.28. The van der Waals surface area contributed by atoms with Gasteiger partial charge in [0.05, 0.1) is 12.3 Å². The Morgan fingerprint density at radius 3 is 2.67 bits per heavy atom. The minimum Gasteiger partial charge on any atom is -0.338 e. The highest BCUT2D eigenvalue weighted by atomic mass is 32.2. The second kappa shape index (κ2) is 6.12. The lowest BCUT2D eigenvalue weighted by Crippen LogP contribution is -2.21. The minimum atomic E-state index is 0.436. The van der Waals surface area contributed by atoms with Crippen LogP contribution in [0.15, 0.2) is 4.52 Å². The van der Waals surface area contributed by atoms with Crippen LogP contribution in [0.2, 0.25) is 0 Å². The maximum Gasteiger partial charge on any atom is 0.240 e. The van der Waals surface area contributed by atoms with E-state index in [2.05, 4.69) is 43.2 Å². The average Bonchev–Trinajstić information content (AvgIpc) is 2.59. The van der Waals surface area contributed by atoms with Gasteiger partial charge in [-0.3, -0.25) is 0 Å². The van der Waals surface area contributed by atoms with Crippen LogP contribution in [-0.2, 0) is 12.3 Å². The third-order valence-corrected chi connectivity index (χ3v) is 2.81. The molecule has 86 valence electrons. The normalized spacial score (nSPS) is 11.6. The molecule has 0 saturated heterocycles. The fourth-order valence-corrected chi connectivity index (χ4v) is 1.55. The van der Waals surface area contributed by atoms with Gasteiger partial charge in [0.25, 0.3) is 0 Å². The quantitative estimate of drug-likeness (QED) is 0.810. The molecule has 0 aromatic carbocycles. The second-order valence-electron chi connectivity index (χ2n) is 4.00. The van der Waals surface area contributed by atoms with E-state index in [9.17, 15) is 0 Å². The van der Waals surface area contributed by atoms with E-state index in [1.165, 1.54) is 0 Å². The molecule has 0 bridgehead atoms. The summed E-state index contributed by atoms with van der Waals surface area (Å²) >= 11 is 1.82. The van der Waals surface area contributed by atoms with Crippen LogP contribution < -0.4 is 5.32 Å². The van der Waals surface area contributed by atoms with Crippen molar-refractivity contribution in [1.82, 2.24) is 15.5 Å². The first-order chi connectivity index (χ1) is 7.08. The van der Waals surface area contributed by atoms with E-state index >= 15 is 0 Å². The highest BCUT2D eigenvalue weighted by Gasteiger charge is 2.07. The smallest absolute Gasteiger partial charge is 0.240 e. The van der Waals surface area contributed by atoms with Crippen molar-refractivity contribution in [2.75, 3.05) is 0 Å². The summed E-state index contributed by atoms with van der Waals surface area (Å²) in [5, 5.41) is 7.75. The van der Waals surface area contributed by atoms with Crippen LogP contribution >= 0.6 is 11.8 Å². The molecule has 15 heavy (non-hydrogen) atoms. The zero-order chi connectivity index (χ0) is 11.3. The fourth-order valence-electron chi connectivity index (χ4n) is 0.953. The number of nitrogens with one attached hydrogen (secondary N) is 1. The van der Waals surface area contributed by atoms with E-state index in [4.69, 9.17) is 4.52 Å². The minimum absolute atomic E-state index is 0.436. The molecule has 1 heterocycles. The fraction of sp³-hybridized carbons (Fsp3) is 0.800. The summed E-state index contributed by atoms with van der Waals surface area (Å²) < 4.78 is 5.11. The van der Waals surface area contributed by atoms with Gasteiger partial charge in [0.1, 0.15) is 0 Å². The Hall–Kier alpha value is -0.550. The molecule has 0 unspecified atom stereocenters. The maximum atomic E-state index is 5.11. The molecule has 0 aliphatic heterocycles. The molecule has 0 aliphatic rings. The average molecular weight is 229 g/mol. The second-order valence-corrected chi connectivity index (χ2v) is 5.56. The molecule has 0 atom stereocenters. The van der Waals surface area contributed by atoms with E-state index in [0.29, 0.717) is 23.7 Å². The Balaban J connectivity index is 2.35. The van der Waals surface area contributed by atoms with E-state index in [0.717, 1.165) is 11.6 Å². The number of aromatic nitrogens is 2. The molecule has 0 radical (unpaired) electrons. The molecule has 4 nitrogen and oxygen atoms in total. The predicted molar refractivity (Wildman–Crippen MR) is 62.7 cm³/mol. The lowest BCUT2D eigenvalue weighted by atomic mass is 10.4. The molecule has 5 heteroatoms. The third-order valence-electron chi connectivity index (χ3n) is 1.72. The Kier molecular flexibility index (Phi) is 5.11. The van der Waals surface area contributed by atoms with Crippen LogP contribution in [0.1, 0.15) is 39.4 Å². The molecule has 0 fully saturated rings. The van der Waals surface area contributed by atoms with Crippen molar-refractivity contribution in [3.05, 3.63) is 11.7 Å². The van der Waals surface area contributed by atoms with Crippen LogP contribution in [0.25, 0.3) is 0 Å². The Labute approximate surface area is 95.2 Å². The Morgan fingerprint density at radius 1 is 1.33 bits per heavy atom. The monoisotopic (exact) mass is 229 g/mol. The highest BCUT2D eigenvalue weighted by molar-refractivity contribution is 7.99. The number of nitrogens with zero attached hydrogens (tertiary/aromatic N) is 2. The molecule has 0 aliphatic carbocycles. The summed E-state index contributed by atoms with van der Waals surface area (Å²) in [6.45, 7) is 9.15. The van der Waals surface area contributed by atoms with Crippen LogP contribution in [0.4, 0.5) is 0 Å². The molecular formula is C10H19N3OS. The van der Waals surface area contributed by atoms with Crippen molar-refractivity contribution in [2.45, 2.75) is 51.3 Å². The lowest BCUT2D eigenvalue weighted by Gasteiger charge is -2.03. The highest BCUT2D eigenvalue weighted by Crippen LogP contribution is 2.14. The predicted octanol–water partition coefficient (Wildman–Crippen LogP) is 2.21. The number of hydrogen-bond acceptors (Lipinski definition) is 5. The van der Waals surface area contributed by atoms with Crippen molar-refractivity contribution in [1.29, 1.82) is 0 Å². The van der Waals surface area contributed by atoms with Gasteiger partial charge in [-0.15, -0.1) is 0 Å². The van der Waals surface area contributed by atoms with Gasteiger partial charge < -0.3 is 9.84 Å². The first-order valence-electron chi connectivity index (χ1n) is 5.24. The van der Waals surface area contributed by atoms with Crippen molar-refractivity contribution >= 4 is 11.8 Å². The van der Waals surface area contributed by atoms with Gasteiger partial charge in [0, 0.05) is 6.04 Å². The van der Waals surface area contributed by atoms with Gasteiger partial charge in [0.15, 0.2) is 5.82 Å². The van der Waals surface area contributed by atoms with Crippen molar-refractivity contribution in [3.63, 3.8) is 0 Å². The van der Waals surface area contributed by atoms with Crippen LogP contribution in [0.5, 0.6) is 0 Å². The van der Waals surface area contributed by atoms with E-state index in [1.54, 1.807) is 0 Å². The number of hydrogen-bond donors (Lipinski definition) is 1. The molecule has 0 spiro atoms. The summed E-state index contributed by atoms with van der Waals surface area (Å²) in [5.41, 5.74) is 0.